The number of hydrogen-bond donors (Lipinski definition) is 0. The van der Waals surface area contributed by atoms with Crippen LogP contribution in [0.25, 0.3) is 17.4 Å². The highest BCUT2D eigenvalue weighted by Crippen LogP contribution is 2.16. The molecule has 0 amide bonds. The van der Waals surface area contributed by atoms with E-state index < -0.39 is 5.97 Å². The zero-order valence-electron chi connectivity index (χ0n) is 13.9. The van der Waals surface area contributed by atoms with Crippen molar-refractivity contribution >= 4 is 46.0 Å². The van der Waals surface area contributed by atoms with Gasteiger partial charge < -0.3 is 4.74 Å². The number of thiazole rings is 1. The minimum atomic E-state index is -0.768. The molecule has 0 unspecified atom stereocenters. The van der Waals surface area contributed by atoms with Crippen LogP contribution in [-0.4, -0.2) is 17.1 Å². The Kier molecular flexibility index (Phi) is 6.31. The van der Waals surface area contributed by atoms with Crippen molar-refractivity contribution in [2.45, 2.75) is 20.4 Å². The van der Waals surface area contributed by atoms with Gasteiger partial charge in [0, 0.05) is 11.4 Å². The molecule has 0 bridgehead atoms. The van der Waals surface area contributed by atoms with E-state index in [9.17, 15) is 14.9 Å². The lowest BCUT2D eigenvalue weighted by Gasteiger charge is -2.00. The predicted octanol–water partition coefficient (Wildman–Crippen LogP) is 1.80. The van der Waals surface area contributed by atoms with Crippen molar-refractivity contribution in [2.24, 2.45) is 0 Å². The standard InChI is InChI=1S/C18H16N2O3S2/c1-4-9-23-18(22)13(11-19)17-20(5-2)16(21)15(25-17)7-6-14-12(3)8-10-24-14/h4,6,8,10H,1,5,9H2,2-3H3/b17-13-. The van der Waals surface area contributed by atoms with E-state index >= 15 is 0 Å². The summed E-state index contributed by atoms with van der Waals surface area (Å²) in [4.78, 5) is 25.6. The van der Waals surface area contributed by atoms with Crippen LogP contribution in [0.1, 0.15) is 17.4 Å². The topological polar surface area (TPSA) is 72.1 Å². The van der Waals surface area contributed by atoms with Gasteiger partial charge in [0.05, 0.1) is 0 Å². The number of aryl methyl sites for hydroxylation is 1. The van der Waals surface area contributed by atoms with Gasteiger partial charge in [-0.25, -0.2) is 4.79 Å². The van der Waals surface area contributed by atoms with Gasteiger partial charge in [-0.15, -0.1) is 22.7 Å². The first-order valence-corrected chi connectivity index (χ1v) is 9.16. The second-order valence-corrected chi connectivity index (χ2v) is 6.86. The van der Waals surface area contributed by atoms with Crippen LogP contribution in [0.2, 0.25) is 0 Å². The summed E-state index contributed by atoms with van der Waals surface area (Å²) in [5.41, 5.74) is 3.62. The van der Waals surface area contributed by atoms with E-state index in [1.165, 1.54) is 10.6 Å². The molecule has 0 saturated heterocycles. The van der Waals surface area contributed by atoms with Crippen LogP contribution < -0.4 is 14.8 Å². The minimum Gasteiger partial charge on any atom is -0.457 e. The van der Waals surface area contributed by atoms with Crippen molar-refractivity contribution in [2.75, 3.05) is 6.61 Å². The maximum atomic E-state index is 12.5. The number of aromatic nitrogens is 1. The van der Waals surface area contributed by atoms with E-state index in [0.29, 0.717) is 11.1 Å². The molecule has 0 spiro atoms. The molecule has 25 heavy (non-hydrogen) atoms. The Balaban J connectivity index is 2.71. The highest BCUT2D eigenvalue weighted by molar-refractivity contribution is 7.11. The number of hydrogen-bond acceptors (Lipinski definition) is 6. The summed E-state index contributed by atoms with van der Waals surface area (Å²) in [6.45, 7) is 7.56. The van der Waals surface area contributed by atoms with Crippen LogP contribution >= 0.6 is 22.7 Å². The molecule has 2 heterocycles. The van der Waals surface area contributed by atoms with Crippen molar-refractivity contribution in [3.63, 3.8) is 0 Å². The summed E-state index contributed by atoms with van der Waals surface area (Å²) in [6.07, 6.45) is 3.17. The quantitative estimate of drug-likeness (QED) is 0.593. The van der Waals surface area contributed by atoms with Gasteiger partial charge in [-0.05, 0) is 36.9 Å². The largest absolute Gasteiger partial charge is 0.457 e. The van der Waals surface area contributed by atoms with E-state index in [1.54, 1.807) is 24.3 Å². The van der Waals surface area contributed by atoms with Gasteiger partial charge in [-0.2, -0.15) is 5.26 Å². The first-order valence-electron chi connectivity index (χ1n) is 7.46. The van der Waals surface area contributed by atoms with Gasteiger partial charge in [0.1, 0.15) is 21.9 Å². The molecule has 0 aliphatic rings. The molecule has 7 heteroatoms. The fourth-order valence-electron chi connectivity index (χ4n) is 2.03. The van der Waals surface area contributed by atoms with E-state index in [1.807, 2.05) is 24.4 Å². The van der Waals surface area contributed by atoms with E-state index in [0.717, 1.165) is 21.8 Å². The third-order valence-electron chi connectivity index (χ3n) is 3.30. The molecule has 0 aliphatic heterocycles. The summed E-state index contributed by atoms with van der Waals surface area (Å²) in [6, 6.07) is 3.83. The number of ether oxygens (including phenoxy) is 1. The van der Waals surface area contributed by atoms with Gasteiger partial charge in [0.25, 0.3) is 5.56 Å². The van der Waals surface area contributed by atoms with Crippen LogP contribution in [0.15, 0.2) is 28.9 Å². The molecule has 128 valence electrons. The predicted molar refractivity (Wildman–Crippen MR) is 101 cm³/mol. The lowest BCUT2D eigenvalue weighted by atomic mass is 10.3. The number of carbonyl (C=O) groups excluding carboxylic acids is 1. The molecular formula is C18H16N2O3S2. The Labute approximate surface area is 152 Å². The second-order valence-electron chi connectivity index (χ2n) is 4.92. The van der Waals surface area contributed by atoms with Crippen LogP contribution in [0.5, 0.6) is 0 Å². The van der Waals surface area contributed by atoms with Crippen LogP contribution in [0.4, 0.5) is 0 Å². The third kappa shape index (κ3) is 4.06. The monoisotopic (exact) mass is 372 g/mol. The highest BCUT2D eigenvalue weighted by Gasteiger charge is 2.16. The molecule has 0 N–H and O–H groups in total. The van der Waals surface area contributed by atoms with Gasteiger partial charge in [0.15, 0.2) is 5.57 Å². The van der Waals surface area contributed by atoms with Crippen molar-refractivity contribution in [3.8, 4) is 6.07 Å². The van der Waals surface area contributed by atoms with Crippen LogP contribution in [0, 0.1) is 18.3 Å². The summed E-state index contributed by atoms with van der Waals surface area (Å²) in [7, 11) is 0. The average molecular weight is 372 g/mol. The smallest absolute Gasteiger partial charge is 0.352 e. The number of nitriles is 1. The molecule has 2 rings (SSSR count). The lowest BCUT2D eigenvalue weighted by molar-refractivity contribution is -0.135. The fraction of sp³-hybridized carbons (Fsp3) is 0.222. The first kappa shape index (κ1) is 18.7. The Hall–Kier alpha value is -2.65. The maximum absolute atomic E-state index is 12.5. The lowest BCUT2D eigenvalue weighted by Crippen LogP contribution is -2.32. The summed E-state index contributed by atoms with van der Waals surface area (Å²) in [5, 5.41) is 11.3. The Morgan fingerprint density at radius 3 is 2.84 bits per heavy atom. The zero-order chi connectivity index (χ0) is 18.4. The molecule has 0 radical (unpaired) electrons. The van der Waals surface area contributed by atoms with Crippen molar-refractivity contribution in [1.82, 2.24) is 4.57 Å². The van der Waals surface area contributed by atoms with E-state index in [2.05, 4.69) is 12.3 Å². The minimum absolute atomic E-state index is 0.00227. The normalized spacial score (nSPS) is 11.2. The highest BCUT2D eigenvalue weighted by atomic mass is 32.1. The molecule has 0 saturated carbocycles. The van der Waals surface area contributed by atoms with Gasteiger partial charge in [-0.1, -0.05) is 18.4 Å². The number of thiophene rings is 1. The maximum Gasteiger partial charge on any atom is 0.352 e. The summed E-state index contributed by atoms with van der Waals surface area (Å²) in [5.74, 6) is -0.768. The fourth-order valence-corrected chi connectivity index (χ4v) is 3.89. The average Bonchev–Trinajstić information content (AvgIpc) is 3.15. The second kappa shape index (κ2) is 8.45. The van der Waals surface area contributed by atoms with E-state index in [4.69, 9.17) is 4.74 Å². The summed E-state index contributed by atoms with van der Waals surface area (Å²) >= 11 is 2.61. The Morgan fingerprint density at radius 1 is 1.52 bits per heavy atom. The third-order valence-corrected chi connectivity index (χ3v) is 5.38. The van der Waals surface area contributed by atoms with Crippen LogP contribution in [0.3, 0.4) is 0 Å². The van der Waals surface area contributed by atoms with Gasteiger partial charge in [-0.3, -0.25) is 9.36 Å². The van der Waals surface area contributed by atoms with Crippen molar-refractivity contribution in [3.05, 3.63) is 54.1 Å². The number of rotatable bonds is 5. The van der Waals surface area contributed by atoms with Gasteiger partial charge >= 0.3 is 5.97 Å². The summed E-state index contributed by atoms with van der Waals surface area (Å²) < 4.78 is 6.94. The number of nitrogens with zero attached hydrogens (tertiary/aromatic N) is 2. The molecule has 5 nitrogen and oxygen atoms in total. The number of carbonyl (C=O) groups is 1. The van der Waals surface area contributed by atoms with Crippen molar-refractivity contribution < 1.29 is 9.53 Å². The van der Waals surface area contributed by atoms with Gasteiger partial charge in [0.2, 0.25) is 0 Å². The molecule has 2 aromatic rings. The molecule has 0 atom stereocenters. The molecule has 2 aromatic heterocycles. The molecular weight excluding hydrogens is 356 g/mol. The molecule has 0 aliphatic carbocycles. The molecule has 0 fully saturated rings. The number of esters is 1. The Morgan fingerprint density at radius 2 is 2.28 bits per heavy atom. The van der Waals surface area contributed by atoms with Crippen molar-refractivity contribution in [1.29, 1.82) is 5.26 Å². The Bertz CT molecular complexity index is 1060. The van der Waals surface area contributed by atoms with E-state index in [-0.39, 0.29) is 22.4 Å². The zero-order valence-corrected chi connectivity index (χ0v) is 15.5. The SMILES string of the molecule is C=CCOC(=O)/C(C#N)=c1\sc(=C=Cc2sccc2C)c(=O)n1CC. The first-order chi connectivity index (χ1) is 12.0. The van der Waals surface area contributed by atoms with Crippen LogP contribution in [-0.2, 0) is 16.1 Å². The molecule has 0 aromatic carbocycles.